The minimum absolute atomic E-state index is 0.0263. The lowest BCUT2D eigenvalue weighted by atomic mass is 9.99. The Labute approximate surface area is 182 Å². The van der Waals surface area contributed by atoms with E-state index in [0.717, 1.165) is 0 Å². The number of aromatic nitrogens is 2. The van der Waals surface area contributed by atoms with Gasteiger partial charge in [0.1, 0.15) is 11.5 Å². The van der Waals surface area contributed by atoms with Crippen molar-refractivity contribution in [1.82, 2.24) is 9.38 Å². The molecule has 0 aliphatic rings. The SMILES string of the molecule is O=Cc1cnc2cc(-c3cccc(-c4cc(F)cc(Br)c4Cl)c3Cl)ccn2c1=O. The predicted octanol–water partition coefficient (Wildman–Crippen LogP) is 6.05. The molecule has 0 unspecified atom stereocenters. The molecule has 0 atom stereocenters. The van der Waals surface area contributed by atoms with Crippen molar-refractivity contribution in [3.05, 3.63) is 91.1 Å². The Balaban J connectivity index is 1.91. The summed E-state index contributed by atoms with van der Waals surface area (Å²) in [4.78, 5) is 27.3. The van der Waals surface area contributed by atoms with Crippen LogP contribution in [0.4, 0.5) is 4.39 Å². The van der Waals surface area contributed by atoms with Crippen molar-refractivity contribution in [3.63, 3.8) is 0 Å². The van der Waals surface area contributed by atoms with Crippen LogP contribution in [-0.2, 0) is 0 Å². The van der Waals surface area contributed by atoms with Crippen molar-refractivity contribution in [1.29, 1.82) is 0 Å². The van der Waals surface area contributed by atoms with E-state index in [1.54, 1.807) is 30.3 Å². The zero-order valence-corrected chi connectivity index (χ0v) is 17.6. The first-order valence-corrected chi connectivity index (χ1v) is 9.86. The smallest absolute Gasteiger partial charge is 0.268 e. The predicted molar refractivity (Wildman–Crippen MR) is 115 cm³/mol. The van der Waals surface area contributed by atoms with Gasteiger partial charge in [0.2, 0.25) is 0 Å². The molecular weight excluding hydrogens is 482 g/mol. The first kappa shape index (κ1) is 19.8. The molecule has 0 spiro atoms. The van der Waals surface area contributed by atoms with Gasteiger partial charge in [-0.1, -0.05) is 41.4 Å². The summed E-state index contributed by atoms with van der Waals surface area (Å²) in [5, 5.41) is 0.724. The normalized spacial score (nSPS) is 11.0. The van der Waals surface area contributed by atoms with Gasteiger partial charge < -0.3 is 0 Å². The second-order valence-corrected chi connectivity index (χ2v) is 7.81. The van der Waals surface area contributed by atoms with Gasteiger partial charge in [-0.3, -0.25) is 14.0 Å². The van der Waals surface area contributed by atoms with Gasteiger partial charge in [0.05, 0.1) is 15.6 Å². The zero-order chi connectivity index (χ0) is 20.7. The summed E-state index contributed by atoms with van der Waals surface area (Å²) in [6.07, 6.45) is 3.23. The number of carbonyl (C=O) groups is 1. The Kier molecular flexibility index (Phi) is 5.25. The zero-order valence-electron chi connectivity index (χ0n) is 14.5. The summed E-state index contributed by atoms with van der Waals surface area (Å²) in [7, 11) is 0. The van der Waals surface area contributed by atoms with Crippen LogP contribution in [0, 0.1) is 5.82 Å². The number of aldehydes is 1. The van der Waals surface area contributed by atoms with Crippen molar-refractivity contribution in [2.45, 2.75) is 0 Å². The fourth-order valence-electron chi connectivity index (χ4n) is 3.05. The van der Waals surface area contributed by atoms with Crippen LogP contribution in [0.5, 0.6) is 0 Å². The van der Waals surface area contributed by atoms with Gasteiger partial charge in [0.15, 0.2) is 6.29 Å². The highest BCUT2D eigenvalue weighted by molar-refractivity contribution is 9.10. The number of carbonyl (C=O) groups excluding carboxylic acids is 1. The number of hydrogen-bond donors (Lipinski definition) is 0. The fraction of sp³-hybridized carbons (Fsp3) is 0. The van der Waals surface area contributed by atoms with Crippen LogP contribution in [-0.4, -0.2) is 15.7 Å². The van der Waals surface area contributed by atoms with Crippen molar-refractivity contribution < 1.29 is 9.18 Å². The number of halogens is 4. The number of nitrogens with zero attached hydrogens (tertiary/aromatic N) is 2. The topological polar surface area (TPSA) is 51.4 Å². The summed E-state index contributed by atoms with van der Waals surface area (Å²) in [5.41, 5.74) is 2.28. The van der Waals surface area contributed by atoms with Gasteiger partial charge >= 0.3 is 0 Å². The highest BCUT2D eigenvalue weighted by atomic mass is 79.9. The van der Waals surface area contributed by atoms with Crippen LogP contribution in [0.3, 0.4) is 0 Å². The third-order valence-electron chi connectivity index (χ3n) is 4.46. The second kappa shape index (κ2) is 7.71. The van der Waals surface area contributed by atoms with Crippen LogP contribution >= 0.6 is 39.1 Å². The van der Waals surface area contributed by atoms with E-state index < -0.39 is 11.4 Å². The summed E-state index contributed by atoms with van der Waals surface area (Å²) >= 11 is 16.2. The maximum atomic E-state index is 13.9. The Morgan fingerprint density at radius 3 is 2.55 bits per heavy atom. The number of benzene rings is 2. The molecule has 2 heterocycles. The maximum absolute atomic E-state index is 13.9. The Morgan fingerprint density at radius 1 is 1.03 bits per heavy atom. The number of fused-ring (bicyclic) bond motifs is 1. The van der Waals surface area contributed by atoms with Crippen LogP contribution in [0.1, 0.15) is 10.4 Å². The van der Waals surface area contributed by atoms with Gasteiger partial charge in [-0.15, -0.1) is 0 Å². The molecule has 0 amide bonds. The minimum Gasteiger partial charge on any atom is -0.298 e. The fourth-order valence-corrected chi connectivity index (χ4v) is 4.03. The highest BCUT2D eigenvalue weighted by Gasteiger charge is 2.16. The van der Waals surface area contributed by atoms with Gasteiger partial charge in [0, 0.05) is 33.6 Å². The lowest BCUT2D eigenvalue weighted by Gasteiger charge is -2.13. The van der Waals surface area contributed by atoms with Crippen LogP contribution in [0.25, 0.3) is 27.9 Å². The molecule has 0 saturated heterocycles. The van der Waals surface area contributed by atoms with Crippen LogP contribution < -0.4 is 5.56 Å². The van der Waals surface area contributed by atoms with E-state index in [4.69, 9.17) is 23.2 Å². The molecule has 0 aliphatic heterocycles. The summed E-state index contributed by atoms with van der Waals surface area (Å²) < 4.78 is 15.6. The summed E-state index contributed by atoms with van der Waals surface area (Å²) in [5.74, 6) is -0.446. The van der Waals surface area contributed by atoms with E-state index in [0.29, 0.717) is 48.7 Å². The Morgan fingerprint density at radius 2 is 1.79 bits per heavy atom. The molecule has 2 aromatic heterocycles. The molecule has 0 aliphatic carbocycles. The quantitative estimate of drug-likeness (QED) is 0.259. The van der Waals surface area contributed by atoms with E-state index in [1.807, 2.05) is 0 Å². The molecule has 0 fully saturated rings. The molecule has 0 N–H and O–H groups in total. The molecule has 4 nitrogen and oxygen atoms in total. The Bertz CT molecular complexity index is 1350. The van der Waals surface area contributed by atoms with Crippen LogP contribution in [0.2, 0.25) is 10.0 Å². The third kappa shape index (κ3) is 3.48. The van der Waals surface area contributed by atoms with E-state index in [9.17, 15) is 14.0 Å². The summed E-state index contributed by atoms with van der Waals surface area (Å²) in [6.45, 7) is 0. The molecule has 2 aromatic carbocycles. The molecule has 29 heavy (non-hydrogen) atoms. The third-order valence-corrected chi connectivity index (χ3v) is 6.12. The molecular formula is C21H10BrCl2FN2O2. The minimum atomic E-state index is -0.451. The number of hydrogen-bond acceptors (Lipinski definition) is 3. The van der Waals surface area contributed by atoms with Crippen molar-refractivity contribution in [2.24, 2.45) is 0 Å². The van der Waals surface area contributed by atoms with E-state index in [-0.39, 0.29) is 5.56 Å². The first-order valence-electron chi connectivity index (χ1n) is 8.31. The monoisotopic (exact) mass is 490 g/mol. The van der Waals surface area contributed by atoms with Crippen LogP contribution in [0.15, 0.2) is 64.1 Å². The maximum Gasteiger partial charge on any atom is 0.268 e. The van der Waals surface area contributed by atoms with Crippen molar-refractivity contribution in [2.75, 3.05) is 0 Å². The van der Waals surface area contributed by atoms with E-state index in [2.05, 4.69) is 20.9 Å². The van der Waals surface area contributed by atoms with Gasteiger partial charge in [0.25, 0.3) is 5.56 Å². The molecule has 4 aromatic rings. The first-order chi connectivity index (χ1) is 13.9. The molecule has 144 valence electrons. The molecule has 4 rings (SSSR count). The van der Waals surface area contributed by atoms with Gasteiger partial charge in [-0.05, 0) is 45.8 Å². The molecule has 0 radical (unpaired) electrons. The highest BCUT2D eigenvalue weighted by Crippen LogP contribution is 2.41. The molecule has 0 bridgehead atoms. The van der Waals surface area contributed by atoms with Crippen molar-refractivity contribution in [3.8, 4) is 22.3 Å². The summed E-state index contributed by atoms with van der Waals surface area (Å²) in [6, 6.07) is 11.3. The average molecular weight is 492 g/mol. The van der Waals surface area contributed by atoms with E-state index >= 15 is 0 Å². The second-order valence-electron chi connectivity index (χ2n) is 6.20. The van der Waals surface area contributed by atoms with Crippen molar-refractivity contribution >= 4 is 51.1 Å². The van der Waals surface area contributed by atoms with E-state index in [1.165, 1.54) is 28.9 Å². The standard InChI is InChI=1S/C21H10BrCl2FN2O2/c22-17-8-13(25)7-16(20(17)24)15-3-1-2-14(19(15)23)11-4-5-27-18(6-11)26-9-12(10-28)21(27)29/h1-10H. The van der Waals surface area contributed by atoms with Gasteiger partial charge in [-0.25, -0.2) is 9.37 Å². The van der Waals surface area contributed by atoms with Gasteiger partial charge in [-0.2, -0.15) is 0 Å². The Hall–Kier alpha value is -2.54. The number of rotatable bonds is 3. The molecule has 8 heteroatoms. The number of pyridine rings is 1. The lowest BCUT2D eigenvalue weighted by molar-refractivity contribution is 0.112. The lowest BCUT2D eigenvalue weighted by Crippen LogP contribution is -2.18. The largest absolute Gasteiger partial charge is 0.298 e. The molecule has 0 saturated carbocycles. The average Bonchev–Trinajstić information content (AvgIpc) is 2.71.